The predicted octanol–water partition coefficient (Wildman–Crippen LogP) is 8.59. The summed E-state index contributed by atoms with van der Waals surface area (Å²) < 4.78 is 17.4. The van der Waals surface area contributed by atoms with Gasteiger partial charge in [0.15, 0.2) is 5.13 Å². The van der Waals surface area contributed by atoms with Gasteiger partial charge in [-0.05, 0) is 85.3 Å². The molecule has 3 N–H and O–H groups in total. The summed E-state index contributed by atoms with van der Waals surface area (Å²) in [5.41, 5.74) is 3.05. The second-order valence-electron chi connectivity index (χ2n) is 11.4. The van der Waals surface area contributed by atoms with E-state index in [9.17, 15) is 14.4 Å². The van der Waals surface area contributed by atoms with Crippen molar-refractivity contribution in [2.45, 2.75) is 17.1 Å². The van der Waals surface area contributed by atoms with Crippen molar-refractivity contribution in [3.63, 3.8) is 0 Å². The normalized spacial score (nSPS) is 11.7. The van der Waals surface area contributed by atoms with Gasteiger partial charge >= 0.3 is 0 Å². The lowest BCUT2D eigenvalue weighted by Crippen LogP contribution is -2.30. The molecule has 0 radical (unpaired) electrons. The van der Waals surface area contributed by atoms with Crippen molar-refractivity contribution >= 4 is 67.9 Å². The maximum atomic E-state index is 13.8. The number of methoxy groups -OCH3 is 2. The minimum atomic E-state index is -0.593. The van der Waals surface area contributed by atoms with Crippen LogP contribution in [0.25, 0.3) is 16.3 Å². The van der Waals surface area contributed by atoms with Gasteiger partial charge in [0.05, 0.1) is 31.0 Å². The summed E-state index contributed by atoms with van der Waals surface area (Å²) in [5, 5.41) is 8.54. The van der Waals surface area contributed by atoms with E-state index in [1.165, 1.54) is 30.2 Å². The van der Waals surface area contributed by atoms with E-state index < -0.39 is 17.1 Å². The van der Waals surface area contributed by atoms with Gasteiger partial charge in [-0.15, -0.1) is 11.8 Å². The molecule has 3 amide bonds. The predicted molar refractivity (Wildman–Crippen MR) is 211 cm³/mol. The monoisotopic (exact) mass is 744 g/mol. The van der Waals surface area contributed by atoms with Crippen molar-refractivity contribution < 1.29 is 28.6 Å². The van der Waals surface area contributed by atoms with Crippen molar-refractivity contribution in [2.24, 2.45) is 0 Å². The number of anilines is 2. The maximum Gasteiger partial charge on any atom is 0.272 e. The first kappa shape index (κ1) is 36.7. The lowest BCUT2D eigenvalue weighted by molar-refractivity contribution is -0.116. The lowest BCUT2D eigenvalue weighted by Gasteiger charge is -2.17. The fourth-order valence-corrected chi connectivity index (χ4v) is 7.20. The summed E-state index contributed by atoms with van der Waals surface area (Å²) in [6.07, 6.45) is 1.55. The van der Waals surface area contributed by atoms with Crippen molar-refractivity contribution in [3.05, 3.63) is 144 Å². The van der Waals surface area contributed by atoms with Crippen LogP contribution in [0.5, 0.6) is 17.2 Å². The van der Waals surface area contributed by atoms with Crippen molar-refractivity contribution in [2.75, 3.05) is 31.5 Å². The molecule has 0 saturated carbocycles. The Morgan fingerprint density at radius 1 is 0.811 bits per heavy atom. The standard InChI is InChI=1S/C41H36N4O6S2/c1-4-51-31-19-22-33-36(25-31)53-41(44-33)45-40(48)37(26-11-7-5-8-12-26)52-32-20-16-29(17-21-32)42-39(47)34(43-38(46)27-13-9-6-10-14-27)23-28-15-18-30(49-2)24-35(28)50-3/h5-25,37H,4H2,1-3H3,(H,42,47)(H,43,46)(H,44,45,48)/b34-23-. The van der Waals surface area contributed by atoms with Crippen LogP contribution < -0.4 is 30.2 Å². The number of fused-ring (bicyclic) bond motifs is 1. The smallest absolute Gasteiger partial charge is 0.272 e. The zero-order chi connectivity index (χ0) is 37.2. The number of hydrogen-bond donors (Lipinski definition) is 3. The SMILES string of the molecule is CCOc1ccc2nc(NC(=O)C(Sc3ccc(NC(=O)/C(=C/c4ccc(OC)cc4OC)NC(=O)c4ccccc4)cc3)c3ccccc3)sc2c1. The Balaban J connectivity index is 1.20. The first-order chi connectivity index (χ1) is 25.8. The summed E-state index contributed by atoms with van der Waals surface area (Å²) in [6, 6.07) is 36.1. The number of amides is 3. The third-order valence-electron chi connectivity index (χ3n) is 7.88. The Kier molecular flexibility index (Phi) is 12.0. The molecule has 1 aromatic heterocycles. The van der Waals surface area contributed by atoms with Crippen LogP contribution in [0.1, 0.15) is 33.7 Å². The molecule has 6 aromatic rings. The number of rotatable bonds is 14. The van der Waals surface area contributed by atoms with Gasteiger partial charge in [0.2, 0.25) is 5.91 Å². The third-order valence-corrected chi connectivity index (χ3v) is 10.1. The van der Waals surface area contributed by atoms with Crippen molar-refractivity contribution in [1.82, 2.24) is 10.3 Å². The van der Waals surface area contributed by atoms with Crippen LogP contribution in [-0.4, -0.2) is 43.5 Å². The second-order valence-corrected chi connectivity index (χ2v) is 13.7. The fraction of sp³-hybridized carbons (Fsp3) is 0.122. The number of carbonyl (C=O) groups excluding carboxylic acids is 3. The molecule has 6 rings (SSSR count). The van der Waals surface area contributed by atoms with Gasteiger partial charge in [0.25, 0.3) is 11.8 Å². The zero-order valence-corrected chi connectivity index (χ0v) is 30.8. The Morgan fingerprint density at radius 3 is 2.23 bits per heavy atom. The van der Waals surface area contributed by atoms with Crippen LogP contribution in [0, 0.1) is 0 Å². The fourth-order valence-electron chi connectivity index (χ4n) is 5.27. The average Bonchev–Trinajstić information content (AvgIpc) is 3.59. The Morgan fingerprint density at radius 2 is 1.53 bits per heavy atom. The minimum absolute atomic E-state index is 0.00513. The first-order valence-electron chi connectivity index (χ1n) is 16.6. The number of ether oxygens (including phenoxy) is 3. The van der Waals surface area contributed by atoms with Crippen molar-refractivity contribution in [3.8, 4) is 17.2 Å². The Labute approximate surface area is 315 Å². The highest BCUT2D eigenvalue weighted by Crippen LogP contribution is 2.38. The summed E-state index contributed by atoms with van der Waals surface area (Å²) >= 11 is 2.76. The van der Waals surface area contributed by atoms with Crippen LogP contribution in [0.15, 0.2) is 132 Å². The molecule has 268 valence electrons. The minimum Gasteiger partial charge on any atom is -0.497 e. The summed E-state index contributed by atoms with van der Waals surface area (Å²) in [6.45, 7) is 2.49. The second kappa shape index (κ2) is 17.4. The van der Waals surface area contributed by atoms with Gasteiger partial charge in [-0.2, -0.15) is 0 Å². The number of hydrogen-bond acceptors (Lipinski definition) is 9. The molecule has 0 saturated heterocycles. The number of carbonyl (C=O) groups is 3. The largest absolute Gasteiger partial charge is 0.497 e. The molecule has 12 heteroatoms. The van der Waals surface area contributed by atoms with Crippen LogP contribution in [0.3, 0.4) is 0 Å². The van der Waals surface area contributed by atoms with E-state index in [0.29, 0.717) is 40.1 Å². The topological polar surface area (TPSA) is 128 Å². The molecule has 0 aliphatic rings. The summed E-state index contributed by atoms with van der Waals surface area (Å²) in [5.74, 6) is 0.578. The van der Waals surface area contributed by atoms with E-state index in [2.05, 4.69) is 20.9 Å². The highest BCUT2D eigenvalue weighted by Gasteiger charge is 2.24. The molecular weight excluding hydrogens is 709 g/mol. The van der Waals surface area contributed by atoms with Gasteiger partial charge in [-0.25, -0.2) is 4.98 Å². The first-order valence-corrected chi connectivity index (χ1v) is 18.3. The quantitative estimate of drug-likeness (QED) is 0.0748. The highest BCUT2D eigenvalue weighted by molar-refractivity contribution is 8.00. The average molecular weight is 745 g/mol. The number of thiazole rings is 1. The summed E-state index contributed by atoms with van der Waals surface area (Å²) in [4.78, 5) is 46.0. The molecule has 5 aromatic carbocycles. The number of aromatic nitrogens is 1. The van der Waals surface area contributed by atoms with Crippen LogP contribution >= 0.6 is 23.1 Å². The number of thioether (sulfide) groups is 1. The van der Waals surface area contributed by atoms with Crippen LogP contribution in [-0.2, 0) is 9.59 Å². The Hall–Kier alpha value is -6.11. The zero-order valence-electron chi connectivity index (χ0n) is 29.1. The molecule has 0 aliphatic carbocycles. The van der Waals surface area contributed by atoms with Gasteiger partial charge in [-0.3, -0.25) is 14.4 Å². The van der Waals surface area contributed by atoms with Crippen LogP contribution in [0.2, 0.25) is 0 Å². The number of nitrogens with zero attached hydrogens (tertiary/aromatic N) is 1. The van der Waals surface area contributed by atoms with Gasteiger partial charge in [0.1, 0.15) is 28.2 Å². The van der Waals surface area contributed by atoms with Gasteiger partial charge in [0, 0.05) is 27.8 Å². The van der Waals surface area contributed by atoms with Crippen molar-refractivity contribution in [1.29, 1.82) is 0 Å². The molecule has 1 heterocycles. The maximum absolute atomic E-state index is 13.8. The Bertz CT molecular complexity index is 2240. The van der Waals surface area contributed by atoms with E-state index >= 15 is 0 Å². The molecule has 10 nitrogen and oxygen atoms in total. The molecular formula is C41H36N4O6S2. The van der Waals surface area contributed by atoms with E-state index in [0.717, 1.165) is 26.4 Å². The molecule has 0 bridgehead atoms. The lowest BCUT2D eigenvalue weighted by atomic mass is 10.1. The van der Waals surface area contributed by atoms with E-state index in [1.54, 1.807) is 73.8 Å². The molecule has 0 aliphatic heterocycles. The van der Waals surface area contributed by atoms with E-state index in [-0.39, 0.29) is 11.6 Å². The molecule has 1 unspecified atom stereocenters. The molecule has 53 heavy (non-hydrogen) atoms. The third kappa shape index (κ3) is 9.42. The molecule has 0 spiro atoms. The number of benzene rings is 5. The number of nitrogens with one attached hydrogen (secondary N) is 3. The van der Waals surface area contributed by atoms with Crippen LogP contribution in [0.4, 0.5) is 10.8 Å². The van der Waals surface area contributed by atoms with E-state index in [1.807, 2.05) is 67.6 Å². The van der Waals surface area contributed by atoms with Gasteiger partial charge in [-0.1, -0.05) is 59.9 Å². The van der Waals surface area contributed by atoms with E-state index in [4.69, 9.17) is 14.2 Å². The molecule has 0 fully saturated rings. The highest BCUT2D eigenvalue weighted by atomic mass is 32.2. The molecule has 1 atom stereocenters. The summed E-state index contributed by atoms with van der Waals surface area (Å²) in [7, 11) is 3.06. The van der Waals surface area contributed by atoms with Gasteiger partial charge < -0.3 is 30.2 Å².